The third-order valence-electron chi connectivity index (χ3n) is 2.79. The van der Waals surface area contributed by atoms with Gasteiger partial charge in [-0.2, -0.15) is 0 Å². The summed E-state index contributed by atoms with van der Waals surface area (Å²) in [6.07, 6.45) is 0.177. The van der Waals surface area contributed by atoms with Gasteiger partial charge in [0.1, 0.15) is 5.69 Å². The molecule has 0 aliphatic carbocycles. The Kier molecular flexibility index (Phi) is 4.68. The number of carboxylic acid groups (broad SMARTS) is 1. The van der Waals surface area contributed by atoms with E-state index in [-0.39, 0.29) is 30.5 Å². The molecule has 0 atom stereocenters. The van der Waals surface area contributed by atoms with Crippen LogP contribution in [0.25, 0.3) is 0 Å². The molecule has 0 aromatic carbocycles. The Morgan fingerprint density at radius 1 is 1.26 bits per heavy atom. The van der Waals surface area contributed by atoms with Gasteiger partial charge in [-0.1, -0.05) is 0 Å². The van der Waals surface area contributed by atoms with Crippen LogP contribution in [-0.4, -0.2) is 41.5 Å². The minimum atomic E-state index is -1.11. The first-order valence-electron chi connectivity index (χ1n) is 5.79. The van der Waals surface area contributed by atoms with Gasteiger partial charge in [-0.15, -0.1) is 0 Å². The summed E-state index contributed by atoms with van der Waals surface area (Å²) in [6.45, 7) is 3.40. The zero-order valence-electron chi connectivity index (χ0n) is 11.1. The summed E-state index contributed by atoms with van der Waals surface area (Å²) in [6, 6.07) is 0. The molecule has 7 nitrogen and oxygen atoms in total. The van der Waals surface area contributed by atoms with Crippen molar-refractivity contribution in [2.24, 2.45) is 0 Å². The van der Waals surface area contributed by atoms with Gasteiger partial charge >= 0.3 is 5.97 Å². The van der Waals surface area contributed by atoms with Gasteiger partial charge in [-0.25, -0.2) is 4.79 Å². The van der Waals surface area contributed by atoms with E-state index in [2.05, 4.69) is 15.6 Å². The summed E-state index contributed by atoms with van der Waals surface area (Å²) in [4.78, 5) is 36.5. The van der Waals surface area contributed by atoms with E-state index in [9.17, 15) is 14.4 Å². The number of rotatable bonds is 5. The summed E-state index contributed by atoms with van der Waals surface area (Å²) in [5, 5.41) is 14.0. The van der Waals surface area contributed by atoms with Crippen molar-refractivity contribution in [1.82, 2.24) is 15.6 Å². The van der Waals surface area contributed by atoms with Crippen molar-refractivity contribution in [1.29, 1.82) is 0 Å². The Morgan fingerprint density at radius 2 is 1.89 bits per heavy atom. The van der Waals surface area contributed by atoms with Crippen molar-refractivity contribution in [2.75, 3.05) is 13.6 Å². The molecular formula is C12H17N3O4. The highest BCUT2D eigenvalue weighted by atomic mass is 16.4. The fourth-order valence-electron chi connectivity index (χ4n) is 1.81. The molecule has 104 valence electrons. The number of aromatic carboxylic acids is 1. The molecule has 0 aliphatic rings. The molecule has 19 heavy (non-hydrogen) atoms. The number of carbonyl (C=O) groups excluding carboxylic acids is 2. The maximum absolute atomic E-state index is 11.9. The maximum atomic E-state index is 11.9. The van der Waals surface area contributed by atoms with Gasteiger partial charge in [0.25, 0.3) is 5.91 Å². The van der Waals surface area contributed by atoms with Gasteiger partial charge in [0, 0.05) is 25.7 Å². The zero-order valence-corrected chi connectivity index (χ0v) is 11.1. The van der Waals surface area contributed by atoms with Gasteiger partial charge in [-0.3, -0.25) is 9.59 Å². The lowest BCUT2D eigenvalue weighted by molar-refractivity contribution is -0.120. The first kappa shape index (κ1) is 14.7. The highest BCUT2D eigenvalue weighted by Crippen LogP contribution is 2.17. The monoisotopic (exact) mass is 267 g/mol. The van der Waals surface area contributed by atoms with Crippen molar-refractivity contribution < 1.29 is 19.5 Å². The summed E-state index contributed by atoms with van der Waals surface area (Å²) in [7, 11) is 1.52. The normalized spacial score (nSPS) is 10.1. The number of aryl methyl sites for hydroxylation is 1. The van der Waals surface area contributed by atoms with Crippen LogP contribution in [-0.2, 0) is 4.79 Å². The third-order valence-corrected chi connectivity index (χ3v) is 2.79. The molecule has 0 aliphatic heterocycles. The predicted octanol–water partition coefficient (Wildman–Crippen LogP) is 0.196. The van der Waals surface area contributed by atoms with Crippen molar-refractivity contribution in [3.8, 4) is 0 Å². The second-order valence-electron chi connectivity index (χ2n) is 4.11. The first-order valence-corrected chi connectivity index (χ1v) is 5.79. The molecule has 0 saturated heterocycles. The van der Waals surface area contributed by atoms with Gasteiger partial charge in [0.05, 0.1) is 5.56 Å². The van der Waals surface area contributed by atoms with Gasteiger partial charge in [0.15, 0.2) is 0 Å². The lowest BCUT2D eigenvalue weighted by Gasteiger charge is -2.05. The van der Waals surface area contributed by atoms with Crippen LogP contribution < -0.4 is 10.6 Å². The molecule has 4 N–H and O–H groups in total. The second-order valence-corrected chi connectivity index (χ2v) is 4.11. The summed E-state index contributed by atoms with van der Waals surface area (Å²) < 4.78 is 0. The molecule has 7 heteroatoms. The summed E-state index contributed by atoms with van der Waals surface area (Å²) in [5.41, 5.74) is 1.21. The lowest BCUT2D eigenvalue weighted by atomic mass is 10.1. The van der Waals surface area contributed by atoms with E-state index < -0.39 is 5.97 Å². The van der Waals surface area contributed by atoms with Crippen LogP contribution in [0, 0.1) is 13.8 Å². The molecule has 0 spiro atoms. The fourth-order valence-corrected chi connectivity index (χ4v) is 1.81. The highest BCUT2D eigenvalue weighted by Gasteiger charge is 2.21. The van der Waals surface area contributed by atoms with Crippen LogP contribution in [0.1, 0.15) is 38.5 Å². The number of carbonyl (C=O) groups is 3. The van der Waals surface area contributed by atoms with E-state index >= 15 is 0 Å². The zero-order chi connectivity index (χ0) is 14.6. The van der Waals surface area contributed by atoms with Crippen LogP contribution in [0.15, 0.2) is 0 Å². The average Bonchev–Trinajstić information content (AvgIpc) is 2.64. The molecule has 0 saturated carbocycles. The highest BCUT2D eigenvalue weighted by molar-refractivity contribution is 6.00. The molecule has 0 fully saturated rings. The Balaban J connectivity index is 2.78. The molecule has 0 bridgehead atoms. The second kappa shape index (κ2) is 6.03. The molecule has 1 aromatic rings. The molecule has 0 unspecified atom stereocenters. The van der Waals surface area contributed by atoms with Crippen molar-refractivity contribution in [2.45, 2.75) is 20.3 Å². The van der Waals surface area contributed by atoms with Crippen molar-refractivity contribution in [3.63, 3.8) is 0 Å². The lowest BCUT2D eigenvalue weighted by Crippen LogP contribution is -2.29. The topological polar surface area (TPSA) is 111 Å². The van der Waals surface area contributed by atoms with Crippen LogP contribution in [0.5, 0.6) is 0 Å². The number of aromatic nitrogens is 1. The molecule has 1 rings (SSSR count). The molecule has 0 radical (unpaired) electrons. The van der Waals surface area contributed by atoms with Gasteiger partial charge < -0.3 is 20.7 Å². The average molecular weight is 267 g/mol. The number of nitrogens with one attached hydrogen (secondary N) is 3. The van der Waals surface area contributed by atoms with E-state index in [1.807, 2.05) is 0 Å². The Bertz CT molecular complexity index is 519. The fraction of sp³-hybridized carbons (Fsp3) is 0.417. The maximum Gasteiger partial charge on any atom is 0.352 e. The van der Waals surface area contributed by atoms with Crippen LogP contribution in [0.4, 0.5) is 0 Å². The quantitative estimate of drug-likeness (QED) is 0.610. The number of carboxylic acids is 1. The van der Waals surface area contributed by atoms with Gasteiger partial charge in [-0.05, 0) is 19.4 Å². The van der Waals surface area contributed by atoms with E-state index in [0.29, 0.717) is 16.8 Å². The van der Waals surface area contributed by atoms with Crippen molar-refractivity contribution in [3.05, 3.63) is 22.5 Å². The van der Waals surface area contributed by atoms with E-state index in [1.165, 1.54) is 7.05 Å². The number of hydrogen-bond donors (Lipinski definition) is 4. The van der Waals surface area contributed by atoms with Crippen LogP contribution in [0.3, 0.4) is 0 Å². The van der Waals surface area contributed by atoms with E-state index in [4.69, 9.17) is 5.11 Å². The first-order chi connectivity index (χ1) is 8.88. The largest absolute Gasteiger partial charge is 0.477 e. The number of H-pyrrole nitrogens is 1. The number of hydrogen-bond acceptors (Lipinski definition) is 3. The Hall–Kier alpha value is -2.31. The van der Waals surface area contributed by atoms with Crippen LogP contribution >= 0.6 is 0 Å². The molecular weight excluding hydrogens is 250 g/mol. The third kappa shape index (κ3) is 3.34. The standard InChI is InChI=1S/C12H17N3O4/c1-6-9(7(2)15-10(6)12(18)19)11(17)14-5-4-8(16)13-3/h15H,4-5H2,1-3H3,(H,13,16)(H,14,17)(H,18,19). The van der Waals surface area contributed by atoms with Crippen molar-refractivity contribution >= 4 is 17.8 Å². The number of amides is 2. The Labute approximate surface area is 110 Å². The van der Waals surface area contributed by atoms with Gasteiger partial charge in [0.2, 0.25) is 5.91 Å². The minimum Gasteiger partial charge on any atom is -0.477 e. The van der Waals surface area contributed by atoms with E-state index in [0.717, 1.165) is 0 Å². The summed E-state index contributed by atoms with van der Waals surface area (Å²) in [5.74, 6) is -1.67. The van der Waals surface area contributed by atoms with E-state index in [1.54, 1.807) is 13.8 Å². The smallest absolute Gasteiger partial charge is 0.352 e. The Morgan fingerprint density at radius 3 is 2.37 bits per heavy atom. The predicted molar refractivity (Wildman–Crippen MR) is 68.2 cm³/mol. The minimum absolute atomic E-state index is 0.00829. The number of aromatic amines is 1. The molecule has 2 amide bonds. The van der Waals surface area contributed by atoms with Crippen LogP contribution in [0.2, 0.25) is 0 Å². The SMILES string of the molecule is CNC(=O)CCNC(=O)c1c(C)[nH]c(C(=O)O)c1C. The summed E-state index contributed by atoms with van der Waals surface area (Å²) >= 11 is 0. The molecule has 1 aromatic heterocycles. The molecule has 1 heterocycles.